The third-order valence-corrected chi connectivity index (χ3v) is 3.63. The Bertz CT molecular complexity index is 439. The number of hydrogen-bond acceptors (Lipinski definition) is 2. The van der Waals surface area contributed by atoms with E-state index in [0.29, 0.717) is 0 Å². The van der Waals surface area contributed by atoms with Crippen molar-refractivity contribution in [2.75, 3.05) is 0 Å². The minimum absolute atomic E-state index is 0.730. The summed E-state index contributed by atoms with van der Waals surface area (Å²) in [6, 6.07) is 2.12. The molecule has 0 saturated carbocycles. The normalized spacial score (nSPS) is 10.9. The highest BCUT2D eigenvalue weighted by atomic mass is 35.5. The van der Waals surface area contributed by atoms with Gasteiger partial charge >= 0.3 is 0 Å². The first-order valence-electron chi connectivity index (χ1n) is 4.98. The van der Waals surface area contributed by atoms with Crippen molar-refractivity contribution < 1.29 is 0 Å². The number of rotatable bonds is 3. The summed E-state index contributed by atoms with van der Waals surface area (Å²) in [5.74, 6) is 0. The lowest BCUT2D eigenvalue weighted by atomic mass is 10.1. The zero-order chi connectivity index (χ0) is 10.8. The van der Waals surface area contributed by atoms with Crippen LogP contribution in [0.5, 0.6) is 0 Å². The Balaban J connectivity index is 2.49. The standard InChI is InChI=1S/C11H13ClN2S/c1-3-4-10-8(5-6-15-10)11-9(12)7-13-14(11)2/h5-7H,3-4H2,1-2H3. The summed E-state index contributed by atoms with van der Waals surface area (Å²) in [5, 5.41) is 7.01. The summed E-state index contributed by atoms with van der Waals surface area (Å²) < 4.78 is 1.84. The predicted molar refractivity (Wildman–Crippen MR) is 65.5 cm³/mol. The molecule has 2 aromatic rings. The van der Waals surface area contributed by atoms with Gasteiger partial charge in [-0.15, -0.1) is 11.3 Å². The molecule has 2 rings (SSSR count). The molecule has 0 fully saturated rings. The number of aromatic nitrogens is 2. The molecule has 0 bridgehead atoms. The van der Waals surface area contributed by atoms with Crippen LogP contribution in [0.1, 0.15) is 18.2 Å². The van der Waals surface area contributed by atoms with Crippen LogP contribution in [0.3, 0.4) is 0 Å². The van der Waals surface area contributed by atoms with Crippen molar-refractivity contribution in [3.63, 3.8) is 0 Å². The molecule has 4 heteroatoms. The number of aryl methyl sites for hydroxylation is 2. The maximum atomic E-state index is 6.13. The predicted octanol–water partition coefficient (Wildman–Crippen LogP) is 3.75. The first-order valence-corrected chi connectivity index (χ1v) is 6.24. The molecule has 0 amide bonds. The molecule has 80 valence electrons. The quantitative estimate of drug-likeness (QED) is 0.799. The molecule has 0 spiro atoms. The largest absolute Gasteiger partial charge is 0.266 e. The van der Waals surface area contributed by atoms with E-state index >= 15 is 0 Å². The van der Waals surface area contributed by atoms with Crippen LogP contribution in [0.25, 0.3) is 11.3 Å². The van der Waals surface area contributed by atoms with Crippen molar-refractivity contribution >= 4 is 22.9 Å². The van der Waals surface area contributed by atoms with Crippen molar-refractivity contribution in [1.29, 1.82) is 0 Å². The summed E-state index contributed by atoms with van der Waals surface area (Å²) >= 11 is 7.92. The summed E-state index contributed by atoms with van der Waals surface area (Å²) in [4.78, 5) is 1.39. The lowest BCUT2D eigenvalue weighted by Crippen LogP contribution is -1.94. The van der Waals surface area contributed by atoms with Crippen molar-refractivity contribution in [2.45, 2.75) is 19.8 Å². The molecule has 0 aliphatic carbocycles. The molecule has 0 aliphatic heterocycles. The van der Waals surface area contributed by atoms with E-state index in [1.165, 1.54) is 10.4 Å². The molecule has 0 radical (unpaired) electrons. The Labute approximate surface area is 98.5 Å². The van der Waals surface area contributed by atoms with Gasteiger partial charge in [-0.05, 0) is 17.9 Å². The van der Waals surface area contributed by atoms with Gasteiger partial charge < -0.3 is 0 Å². The van der Waals surface area contributed by atoms with E-state index in [9.17, 15) is 0 Å². The van der Waals surface area contributed by atoms with E-state index in [1.807, 2.05) is 11.7 Å². The zero-order valence-electron chi connectivity index (χ0n) is 8.83. The molecular weight excluding hydrogens is 228 g/mol. The molecule has 0 aromatic carbocycles. The molecule has 0 N–H and O–H groups in total. The molecular formula is C11H13ClN2S. The summed E-state index contributed by atoms with van der Waals surface area (Å²) in [6.07, 6.45) is 3.96. The molecule has 2 aromatic heterocycles. The topological polar surface area (TPSA) is 17.8 Å². The third-order valence-electron chi connectivity index (χ3n) is 2.37. The summed E-state index contributed by atoms with van der Waals surface area (Å²) in [7, 11) is 1.93. The van der Waals surface area contributed by atoms with Gasteiger partial charge in [0.25, 0.3) is 0 Å². The van der Waals surface area contributed by atoms with E-state index in [-0.39, 0.29) is 0 Å². The second kappa shape index (κ2) is 4.37. The van der Waals surface area contributed by atoms with Gasteiger partial charge in [0, 0.05) is 17.5 Å². The Morgan fingerprint density at radius 3 is 2.93 bits per heavy atom. The fraction of sp³-hybridized carbons (Fsp3) is 0.364. The monoisotopic (exact) mass is 240 g/mol. The molecule has 15 heavy (non-hydrogen) atoms. The van der Waals surface area contributed by atoms with E-state index in [2.05, 4.69) is 23.5 Å². The highest BCUT2D eigenvalue weighted by Crippen LogP contribution is 2.33. The average molecular weight is 241 g/mol. The van der Waals surface area contributed by atoms with Gasteiger partial charge in [-0.3, -0.25) is 4.68 Å². The second-order valence-corrected chi connectivity index (χ2v) is 4.88. The Morgan fingerprint density at radius 2 is 2.33 bits per heavy atom. The van der Waals surface area contributed by atoms with Crippen LogP contribution in [0.2, 0.25) is 5.02 Å². The second-order valence-electron chi connectivity index (χ2n) is 3.47. The van der Waals surface area contributed by atoms with Crippen molar-refractivity contribution in [3.8, 4) is 11.3 Å². The lowest BCUT2D eigenvalue weighted by molar-refractivity contribution is 0.775. The molecule has 2 nitrogen and oxygen atoms in total. The number of thiophene rings is 1. The fourth-order valence-corrected chi connectivity index (χ4v) is 2.94. The Morgan fingerprint density at radius 1 is 1.53 bits per heavy atom. The smallest absolute Gasteiger partial charge is 0.0876 e. The van der Waals surface area contributed by atoms with Gasteiger partial charge in [0.15, 0.2) is 0 Å². The van der Waals surface area contributed by atoms with Crippen LogP contribution in [0.15, 0.2) is 17.6 Å². The van der Waals surface area contributed by atoms with Crippen molar-refractivity contribution in [3.05, 3.63) is 27.5 Å². The number of halogens is 1. The van der Waals surface area contributed by atoms with Crippen LogP contribution < -0.4 is 0 Å². The minimum atomic E-state index is 0.730. The zero-order valence-corrected chi connectivity index (χ0v) is 10.4. The Kier molecular flexibility index (Phi) is 3.12. The maximum absolute atomic E-state index is 6.13. The maximum Gasteiger partial charge on any atom is 0.0876 e. The third kappa shape index (κ3) is 1.94. The van der Waals surface area contributed by atoms with Crippen LogP contribution in [-0.4, -0.2) is 9.78 Å². The van der Waals surface area contributed by atoms with Gasteiger partial charge in [0.05, 0.1) is 16.9 Å². The molecule has 0 saturated heterocycles. The first-order chi connectivity index (χ1) is 7.24. The van der Waals surface area contributed by atoms with Crippen LogP contribution in [-0.2, 0) is 13.5 Å². The summed E-state index contributed by atoms with van der Waals surface area (Å²) in [6.45, 7) is 2.19. The fourth-order valence-electron chi connectivity index (χ4n) is 1.69. The van der Waals surface area contributed by atoms with Gasteiger partial charge in [0.1, 0.15) is 0 Å². The molecule has 0 atom stereocenters. The van der Waals surface area contributed by atoms with Crippen molar-refractivity contribution in [2.24, 2.45) is 7.05 Å². The molecule has 2 heterocycles. The van der Waals surface area contributed by atoms with Crippen LogP contribution in [0, 0.1) is 0 Å². The van der Waals surface area contributed by atoms with E-state index in [1.54, 1.807) is 17.5 Å². The molecule has 0 unspecified atom stereocenters. The highest BCUT2D eigenvalue weighted by molar-refractivity contribution is 7.10. The first kappa shape index (κ1) is 10.7. The lowest BCUT2D eigenvalue weighted by Gasteiger charge is -2.04. The number of nitrogens with zero attached hydrogens (tertiary/aromatic N) is 2. The summed E-state index contributed by atoms with van der Waals surface area (Å²) in [5.41, 5.74) is 2.26. The van der Waals surface area contributed by atoms with Gasteiger partial charge in [-0.2, -0.15) is 5.10 Å². The number of hydrogen-bond donors (Lipinski definition) is 0. The van der Waals surface area contributed by atoms with Gasteiger partial charge in [-0.25, -0.2) is 0 Å². The SMILES string of the molecule is CCCc1sccc1-c1c(Cl)cnn1C. The van der Waals surface area contributed by atoms with E-state index in [4.69, 9.17) is 11.6 Å². The van der Waals surface area contributed by atoms with Crippen LogP contribution in [0.4, 0.5) is 0 Å². The van der Waals surface area contributed by atoms with Crippen LogP contribution >= 0.6 is 22.9 Å². The Hall–Kier alpha value is -0.800. The van der Waals surface area contributed by atoms with Crippen molar-refractivity contribution in [1.82, 2.24) is 9.78 Å². The van der Waals surface area contributed by atoms with E-state index < -0.39 is 0 Å². The minimum Gasteiger partial charge on any atom is -0.266 e. The van der Waals surface area contributed by atoms with Gasteiger partial charge in [0.2, 0.25) is 0 Å². The van der Waals surface area contributed by atoms with Gasteiger partial charge in [-0.1, -0.05) is 24.9 Å². The average Bonchev–Trinajstić information content (AvgIpc) is 2.75. The molecule has 0 aliphatic rings. The highest BCUT2D eigenvalue weighted by Gasteiger charge is 2.13. The van der Waals surface area contributed by atoms with E-state index in [0.717, 1.165) is 23.6 Å².